The monoisotopic (exact) mass is 151 g/mol. The second-order valence-corrected chi connectivity index (χ2v) is 1.35. The quantitative estimate of drug-likeness (QED) is 0.247. The molecule has 0 saturated heterocycles. The lowest BCUT2D eigenvalue weighted by Gasteiger charge is -1.77. The molecule has 0 aromatic heterocycles. The van der Waals surface area contributed by atoms with Crippen molar-refractivity contribution in [2.45, 2.75) is 20.3 Å². The lowest BCUT2D eigenvalue weighted by molar-refractivity contribution is 0.781. The van der Waals surface area contributed by atoms with Crippen molar-refractivity contribution < 1.29 is 0 Å². The number of hydrazine groups is 2. The maximum Gasteiger partial charge on any atom is 0.00689 e. The van der Waals surface area contributed by atoms with E-state index in [4.69, 9.17) is 11.6 Å². The molecular formula is C5H21N5. The molecule has 0 fully saturated rings. The van der Waals surface area contributed by atoms with Gasteiger partial charge in [-0.1, -0.05) is 13.8 Å². The van der Waals surface area contributed by atoms with E-state index in [2.05, 4.69) is 24.0 Å². The minimum absolute atomic E-state index is 0.819. The summed E-state index contributed by atoms with van der Waals surface area (Å²) in [5.41, 5.74) is 7.46. The zero-order chi connectivity index (χ0) is 8.83. The number of nitrogens with one attached hydrogen (secondary N) is 1. The number of hydrogen-bond acceptors (Lipinski definition) is 5. The lowest BCUT2D eigenvalue weighted by Crippen LogP contribution is -2.20. The van der Waals surface area contributed by atoms with Crippen molar-refractivity contribution in [3.05, 3.63) is 0 Å². The van der Waals surface area contributed by atoms with Gasteiger partial charge in [0.1, 0.15) is 0 Å². The van der Waals surface area contributed by atoms with Crippen LogP contribution in [0.3, 0.4) is 0 Å². The minimum Gasteiger partial charge on any atom is -0.330 e. The van der Waals surface area contributed by atoms with Gasteiger partial charge in [0, 0.05) is 6.54 Å². The number of nitrogens with two attached hydrogens (primary N) is 4. The molecule has 10 heavy (non-hydrogen) atoms. The molecule has 0 rings (SSSR count). The van der Waals surface area contributed by atoms with E-state index in [9.17, 15) is 0 Å². The van der Waals surface area contributed by atoms with Crippen molar-refractivity contribution in [3.8, 4) is 0 Å². The number of rotatable bonds is 2. The average Bonchev–Trinajstić information content (AvgIpc) is 2.08. The van der Waals surface area contributed by atoms with Crippen molar-refractivity contribution in [1.29, 1.82) is 0 Å². The molecule has 0 unspecified atom stereocenters. The van der Waals surface area contributed by atoms with Crippen LogP contribution >= 0.6 is 0 Å². The largest absolute Gasteiger partial charge is 0.330 e. The van der Waals surface area contributed by atoms with Crippen molar-refractivity contribution in [3.63, 3.8) is 0 Å². The summed E-state index contributed by atoms with van der Waals surface area (Å²) in [7, 11) is 0. The van der Waals surface area contributed by atoms with Gasteiger partial charge in [-0.15, -0.1) is 0 Å². The summed E-state index contributed by atoms with van der Waals surface area (Å²) in [4.78, 5) is 0. The first kappa shape index (κ1) is 16.4. The van der Waals surface area contributed by atoms with Crippen LogP contribution < -0.4 is 28.7 Å². The van der Waals surface area contributed by atoms with Crippen LogP contribution in [-0.2, 0) is 0 Å². The summed E-state index contributed by atoms with van der Waals surface area (Å²) >= 11 is 0. The van der Waals surface area contributed by atoms with Gasteiger partial charge in [0.15, 0.2) is 0 Å². The fourth-order valence-electron chi connectivity index (χ4n) is 0. The maximum absolute atomic E-state index is 5.03. The van der Waals surface area contributed by atoms with E-state index >= 15 is 0 Å². The molecule has 0 spiro atoms. The molecule has 0 aliphatic carbocycles. The zero-order valence-electron chi connectivity index (χ0n) is 6.93. The summed E-state index contributed by atoms with van der Waals surface area (Å²) in [5.74, 6) is 12.8. The average molecular weight is 151 g/mol. The van der Waals surface area contributed by atoms with Crippen molar-refractivity contribution in [2.24, 2.45) is 23.3 Å². The van der Waals surface area contributed by atoms with E-state index in [-0.39, 0.29) is 0 Å². The van der Waals surface area contributed by atoms with Crippen LogP contribution in [0.5, 0.6) is 0 Å². The fourth-order valence-corrected chi connectivity index (χ4v) is 0. The SMILES string of the molecule is CCCN.CCNN.NN. The van der Waals surface area contributed by atoms with Crippen molar-refractivity contribution >= 4 is 0 Å². The van der Waals surface area contributed by atoms with E-state index in [1.165, 1.54) is 0 Å². The Kier molecular flexibility index (Phi) is 60.9. The molecule has 0 radical (unpaired) electrons. The molecule has 5 nitrogen and oxygen atoms in total. The second-order valence-electron chi connectivity index (χ2n) is 1.35. The molecule has 5 heteroatoms. The van der Waals surface area contributed by atoms with Gasteiger partial charge in [-0.25, -0.2) is 0 Å². The van der Waals surface area contributed by atoms with Crippen LogP contribution in [-0.4, -0.2) is 13.1 Å². The predicted molar refractivity (Wildman–Crippen MR) is 45.6 cm³/mol. The summed E-state index contributed by atoms with van der Waals surface area (Å²) in [5, 5.41) is 0. The summed E-state index contributed by atoms with van der Waals surface area (Å²) < 4.78 is 0. The molecule has 0 aromatic rings. The third-order valence-corrected chi connectivity index (χ3v) is 0.493. The van der Waals surface area contributed by atoms with E-state index < -0.39 is 0 Å². The van der Waals surface area contributed by atoms with Crippen LogP contribution in [0.4, 0.5) is 0 Å². The van der Waals surface area contributed by atoms with Gasteiger partial charge in [-0.3, -0.25) is 23.0 Å². The van der Waals surface area contributed by atoms with Crippen LogP contribution in [0.1, 0.15) is 20.3 Å². The molecular weight excluding hydrogens is 130 g/mol. The Bertz CT molecular complexity index is 18.0. The van der Waals surface area contributed by atoms with Crippen LogP contribution in [0.15, 0.2) is 0 Å². The molecule has 0 aromatic carbocycles. The van der Waals surface area contributed by atoms with Gasteiger partial charge in [0.25, 0.3) is 0 Å². The topological polar surface area (TPSA) is 116 Å². The van der Waals surface area contributed by atoms with Gasteiger partial charge in [-0.05, 0) is 13.0 Å². The van der Waals surface area contributed by atoms with Gasteiger partial charge in [0.2, 0.25) is 0 Å². The van der Waals surface area contributed by atoms with Crippen molar-refractivity contribution in [2.75, 3.05) is 13.1 Å². The van der Waals surface area contributed by atoms with Gasteiger partial charge in [-0.2, -0.15) is 0 Å². The molecule has 0 aliphatic rings. The zero-order valence-corrected chi connectivity index (χ0v) is 6.93. The highest BCUT2D eigenvalue weighted by atomic mass is 15.2. The van der Waals surface area contributed by atoms with E-state index in [1.807, 2.05) is 6.92 Å². The summed E-state index contributed by atoms with van der Waals surface area (Å²) in [6, 6.07) is 0. The summed E-state index contributed by atoms with van der Waals surface area (Å²) in [6.45, 7) is 5.67. The third kappa shape index (κ3) is 111. The van der Waals surface area contributed by atoms with E-state index in [0.29, 0.717) is 0 Å². The predicted octanol–water partition coefficient (Wildman–Crippen LogP) is -1.36. The Balaban J connectivity index is -0.0000000787. The normalized spacial score (nSPS) is 6.60. The smallest absolute Gasteiger partial charge is 0.00689 e. The second kappa shape index (κ2) is 37.1. The molecule has 0 aliphatic heterocycles. The number of hydrogen-bond donors (Lipinski definition) is 5. The van der Waals surface area contributed by atoms with Crippen molar-refractivity contribution in [1.82, 2.24) is 5.43 Å². The first-order valence-electron chi connectivity index (χ1n) is 3.30. The highest BCUT2D eigenvalue weighted by molar-refractivity contribution is 4.19. The Hall–Kier alpha value is -0.200. The molecule has 66 valence electrons. The van der Waals surface area contributed by atoms with E-state index in [1.54, 1.807) is 0 Å². The van der Waals surface area contributed by atoms with Gasteiger partial charge < -0.3 is 5.73 Å². The summed E-state index contributed by atoms with van der Waals surface area (Å²) in [6.07, 6.45) is 1.10. The maximum atomic E-state index is 5.03. The molecule has 0 saturated carbocycles. The molecule has 0 heterocycles. The highest BCUT2D eigenvalue weighted by Crippen LogP contribution is 1.57. The first-order valence-corrected chi connectivity index (χ1v) is 3.30. The molecule has 9 N–H and O–H groups in total. The first-order chi connectivity index (χ1) is 4.83. The van der Waals surface area contributed by atoms with Crippen LogP contribution in [0, 0.1) is 0 Å². The minimum atomic E-state index is 0.819. The third-order valence-electron chi connectivity index (χ3n) is 0.493. The van der Waals surface area contributed by atoms with Crippen LogP contribution in [0.2, 0.25) is 0 Å². The lowest BCUT2D eigenvalue weighted by atomic mass is 10.5. The molecule has 0 atom stereocenters. The Labute approximate surface area is 63.1 Å². The van der Waals surface area contributed by atoms with Gasteiger partial charge in [0.05, 0.1) is 0 Å². The Morgan fingerprint density at radius 1 is 1.20 bits per heavy atom. The fraction of sp³-hybridized carbons (Fsp3) is 1.00. The van der Waals surface area contributed by atoms with E-state index in [0.717, 1.165) is 19.5 Å². The Morgan fingerprint density at radius 3 is 1.40 bits per heavy atom. The van der Waals surface area contributed by atoms with Crippen LogP contribution in [0.25, 0.3) is 0 Å². The standard InChI is InChI=1S/C3H9N.C2H8N2.H4N2/c1-2-3-4;1-2-4-3;1-2/h2-4H2,1H3;4H,2-3H2,1H3;1-2H2. The Morgan fingerprint density at radius 2 is 1.40 bits per heavy atom. The molecule has 0 amide bonds. The molecule has 0 bridgehead atoms. The van der Waals surface area contributed by atoms with Gasteiger partial charge >= 0.3 is 0 Å². The highest BCUT2D eigenvalue weighted by Gasteiger charge is 1.55.